The number of allylic oxidation sites excluding steroid dienone is 5. The van der Waals surface area contributed by atoms with Gasteiger partial charge in [-0.05, 0) is 43.1 Å². The summed E-state index contributed by atoms with van der Waals surface area (Å²) in [5, 5.41) is 0. The van der Waals surface area contributed by atoms with Crippen LogP contribution in [0.2, 0.25) is 0 Å². The fourth-order valence-electron chi connectivity index (χ4n) is 2.23. The molecule has 0 bridgehead atoms. The predicted molar refractivity (Wildman–Crippen MR) is 69.2 cm³/mol. The molecule has 1 heteroatoms. The average molecular weight is 218 g/mol. The molecular formula is C15H22O. The second-order valence-corrected chi connectivity index (χ2v) is 5.17. The minimum atomic E-state index is 0.276. The molecule has 0 aromatic carbocycles. The van der Waals surface area contributed by atoms with Crippen molar-refractivity contribution in [3.8, 4) is 0 Å². The van der Waals surface area contributed by atoms with Gasteiger partial charge >= 0.3 is 0 Å². The molecule has 0 spiro atoms. The molecule has 0 aromatic rings. The zero-order chi connectivity index (χ0) is 12.2. The first kappa shape index (κ1) is 13.0. The van der Waals surface area contributed by atoms with Crippen LogP contribution in [-0.2, 0) is 4.79 Å². The normalized spacial score (nSPS) is 24.1. The molecule has 1 atom stereocenters. The first-order chi connectivity index (χ1) is 7.52. The number of carbonyl (C=O) groups is 1. The van der Waals surface area contributed by atoms with Crippen molar-refractivity contribution in [3.63, 3.8) is 0 Å². The zero-order valence-corrected chi connectivity index (χ0v) is 10.6. The van der Waals surface area contributed by atoms with Crippen LogP contribution in [0.25, 0.3) is 0 Å². The Balaban J connectivity index is 2.63. The molecule has 0 amide bonds. The van der Waals surface area contributed by atoms with E-state index >= 15 is 0 Å². The Morgan fingerprint density at radius 1 is 1.62 bits per heavy atom. The van der Waals surface area contributed by atoms with Gasteiger partial charge in [0.15, 0.2) is 0 Å². The molecule has 0 fully saturated rings. The Labute approximate surface area is 98.9 Å². The summed E-state index contributed by atoms with van der Waals surface area (Å²) in [6.45, 7) is 10.4. The molecule has 1 aliphatic carbocycles. The highest BCUT2D eigenvalue weighted by Gasteiger charge is 2.33. The summed E-state index contributed by atoms with van der Waals surface area (Å²) in [5.41, 5.74) is 2.61. The molecule has 0 aliphatic heterocycles. The van der Waals surface area contributed by atoms with E-state index in [1.165, 1.54) is 5.57 Å². The topological polar surface area (TPSA) is 17.1 Å². The lowest BCUT2D eigenvalue weighted by Crippen LogP contribution is -2.19. The van der Waals surface area contributed by atoms with Crippen LogP contribution in [-0.4, -0.2) is 6.29 Å². The van der Waals surface area contributed by atoms with E-state index in [4.69, 9.17) is 0 Å². The summed E-state index contributed by atoms with van der Waals surface area (Å²) in [6, 6.07) is 0. The van der Waals surface area contributed by atoms with Crippen LogP contribution < -0.4 is 0 Å². The van der Waals surface area contributed by atoms with Gasteiger partial charge in [0.25, 0.3) is 0 Å². The van der Waals surface area contributed by atoms with E-state index in [1.807, 2.05) is 0 Å². The highest BCUT2D eigenvalue weighted by atomic mass is 16.1. The number of aldehydes is 1. The SMILES string of the molecule is C=CCC(C=O)=CC[C@@H]1CC=C(C)C1(C)C. The van der Waals surface area contributed by atoms with E-state index in [0.29, 0.717) is 12.3 Å². The van der Waals surface area contributed by atoms with Crippen molar-refractivity contribution in [2.24, 2.45) is 11.3 Å². The lowest BCUT2D eigenvalue weighted by molar-refractivity contribution is -0.105. The highest BCUT2D eigenvalue weighted by Crippen LogP contribution is 2.44. The lowest BCUT2D eigenvalue weighted by atomic mass is 9.76. The van der Waals surface area contributed by atoms with E-state index in [1.54, 1.807) is 6.08 Å². The van der Waals surface area contributed by atoms with Crippen LogP contribution in [0.15, 0.2) is 36.0 Å². The smallest absolute Gasteiger partial charge is 0.146 e. The van der Waals surface area contributed by atoms with Crippen molar-refractivity contribution >= 4 is 6.29 Å². The molecule has 0 aromatic heterocycles. The molecule has 16 heavy (non-hydrogen) atoms. The third-order valence-electron chi connectivity index (χ3n) is 3.94. The summed E-state index contributed by atoms with van der Waals surface area (Å²) in [7, 11) is 0. The van der Waals surface area contributed by atoms with E-state index in [2.05, 4.69) is 39.5 Å². The third kappa shape index (κ3) is 2.72. The second-order valence-electron chi connectivity index (χ2n) is 5.17. The van der Waals surface area contributed by atoms with Gasteiger partial charge < -0.3 is 0 Å². The van der Waals surface area contributed by atoms with Gasteiger partial charge in [0.1, 0.15) is 6.29 Å². The molecule has 0 heterocycles. The lowest BCUT2D eigenvalue weighted by Gasteiger charge is -2.29. The van der Waals surface area contributed by atoms with Gasteiger partial charge in [0, 0.05) is 0 Å². The van der Waals surface area contributed by atoms with Crippen LogP contribution in [0.3, 0.4) is 0 Å². The molecule has 0 saturated heterocycles. The monoisotopic (exact) mass is 218 g/mol. The molecule has 88 valence electrons. The van der Waals surface area contributed by atoms with Gasteiger partial charge in [-0.3, -0.25) is 4.79 Å². The molecular weight excluding hydrogens is 196 g/mol. The van der Waals surface area contributed by atoms with Crippen molar-refractivity contribution in [3.05, 3.63) is 36.0 Å². The maximum atomic E-state index is 10.8. The summed E-state index contributed by atoms with van der Waals surface area (Å²) >= 11 is 0. The summed E-state index contributed by atoms with van der Waals surface area (Å²) in [4.78, 5) is 10.8. The summed E-state index contributed by atoms with van der Waals surface area (Å²) in [5.74, 6) is 0.632. The van der Waals surface area contributed by atoms with Crippen molar-refractivity contribution in [1.29, 1.82) is 0 Å². The average Bonchev–Trinajstić information content (AvgIpc) is 2.50. The second kappa shape index (κ2) is 5.29. The Morgan fingerprint density at radius 3 is 2.75 bits per heavy atom. The first-order valence-corrected chi connectivity index (χ1v) is 5.94. The summed E-state index contributed by atoms with van der Waals surface area (Å²) in [6.07, 6.45) is 9.94. The van der Waals surface area contributed by atoms with Gasteiger partial charge in [0.2, 0.25) is 0 Å². The van der Waals surface area contributed by atoms with Gasteiger partial charge in [-0.15, -0.1) is 6.58 Å². The minimum Gasteiger partial charge on any atom is -0.298 e. The zero-order valence-electron chi connectivity index (χ0n) is 10.6. The van der Waals surface area contributed by atoms with Gasteiger partial charge in [-0.1, -0.05) is 37.6 Å². The largest absolute Gasteiger partial charge is 0.298 e. The van der Waals surface area contributed by atoms with Crippen molar-refractivity contribution < 1.29 is 4.79 Å². The number of hydrogen-bond donors (Lipinski definition) is 0. The van der Waals surface area contributed by atoms with Crippen molar-refractivity contribution in [2.45, 2.75) is 40.0 Å². The van der Waals surface area contributed by atoms with Gasteiger partial charge in [-0.2, -0.15) is 0 Å². The van der Waals surface area contributed by atoms with E-state index in [0.717, 1.165) is 24.7 Å². The molecule has 0 radical (unpaired) electrons. The quantitative estimate of drug-likeness (QED) is 0.386. The molecule has 1 aliphatic rings. The van der Waals surface area contributed by atoms with Crippen LogP contribution in [0.1, 0.15) is 40.0 Å². The number of hydrogen-bond acceptors (Lipinski definition) is 1. The van der Waals surface area contributed by atoms with E-state index in [-0.39, 0.29) is 5.41 Å². The maximum Gasteiger partial charge on any atom is 0.146 e. The molecule has 1 nitrogen and oxygen atoms in total. The fraction of sp³-hybridized carbons (Fsp3) is 0.533. The Kier molecular flexibility index (Phi) is 4.28. The maximum absolute atomic E-state index is 10.8. The standard InChI is InChI=1S/C15H22O/c1-5-6-13(11-16)8-10-14-9-7-12(2)15(14,3)4/h5,7-8,11,14H,1,6,9-10H2,2-4H3/t14-/m0/s1. The number of rotatable bonds is 5. The fourth-order valence-corrected chi connectivity index (χ4v) is 2.23. The Hall–Kier alpha value is -1.11. The van der Waals surface area contributed by atoms with Crippen molar-refractivity contribution in [1.82, 2.24) is 0 Å². The van der Waals surface area contributed by atoms with E-state index < -0.39 is 0 Å². The first-order valence-electron chi connectivity index (χ1n) is 5.94. The Bertz CT molecular complexity index is 331. The van der Waals surface area contributed by atoms with Crippen LogP contribution >= 0.6 is 0 Å². The van der Waals surface area contributed by atoms with Crippen LogP contribution in [0, 0.1) is 11.3 Å². The number of carbonyl (C=O) groups excluding carboxylic acids is 1. The molecule has 0 unspecified atom stereocenters. The predicted octanol–water partition coefficient (Wildman–Crippen LogP) is 4.07. The molecule has 0 saturated carbocycles. The minimum absolute atomic E-state index is 0.276. The summed E-state index contributed by atoms with van der Waals surface area (Å²) < 4.78 is 0. The van der Waals surface area contributed by atoms with Crippen LogP contribution in [0.5, 0.6) is 0 Å². The Morgan fingerprint density at radius 2 is 2.31 bits per heavy atom. The van der Waals surface area contributed by atoms with E-state index in [9.17, 15) is 4.79 Å². The van der Waals surface area contributed by atoms with Crippen LogP contribution in [0.4, 0.5) is 0 Å². The molecule has 1 rings (SSSR count). The third-order valence-corrected chi connectivity index (χ3v) is 3.94. The van der Waals surface area contributed by atoms with Crippen molar-refractivity contribution in [2.75, 3.05) is 0 Å². The molecule has 0 N–H and O–H groups in total. The van der Waals surface area contributed by atoms with Gasteiger partial charge in [0.05, 0.1) is 0 Å². The highest BCUT2D eigenvalue weighted by molar-refractivity contribution is 5.73. The van der Waals surface area contributed by atoms with Gasteiger partial charge in [-0.25, -0.2) is 0 Å².